The Labute approximate surface area is 158 Å². The summed E-state index contributed by atoms with van der Waals surface area (Å²) in [7, 11) is -0.932. The van der Waals surface area contributed by atoms with Crippen molar-refractivity contribution in [2.75, 3.05) is 85.9 Å². The van der Waals surface area contributed by atoms with Gasteiger partial charge in [-0.3, -0.25) is 0 Å². The Morgan fingerprint density at radius 1 is 0.615 bits per heavy atom. The van der Waals surface area contributed by atoms with E-state index in [0.717, 1.165) is 13.0 Å². The highest BCUT2D eigenvalue weighted by Gasteiger charge is 2.02. The maximum absolute atomic E-state index is 8.40. The van der Waals surface area contributed by atoms with Gasteiger partial charge in [0, 0.05) is 13.3 Å². The monoisotopic (exact) mass is 395 g/mol. The summed E-state index contributed by atoms with van der Waals surface area (Å²) in [5, 5.41) is 8.40. The Balaban J connectivity index is 3.06. The number of nitriles is 1. The Bertz CT molecular complexity index is 318. The predicted molar refractivity (Wildman–Crippen MR) is 99.4 cm³/mol. The summed E-state index contributed by atoms with van der Waals surface area (Å²) >= 11 is 0. The van der Waals surface area contributed by atoms with Gasteiger partial charge in [-0.15, -0.1) is 0 Å². The normalized spacial score (nSPS) is 12.2. The molecule has 0 N–H and O–H groups in total. The molecule has 0 amide bonds. The van der Waals surface area contributed by atoms with E-state index in [4.69, 9.17) is 38.0 Å². The minimum absolute atomic E-state index is 0.384. The molecule has 0 aliphatic carbocycles. The van der Waals surface area contributed by atoms with Crippen molar-refractivity contribution in [1.82, 2.24) is 0 Å². The van der Waals surface area contributed by atoms with Crippen LogP contribution in [0.3, 0.4) is 0 Å². The first kappa shape index (κ1) is 25.6. The summed E-state index contributed by atoms with van der Waals surface area (Å²) in [6.07, 6.45) is 1.41. The highest BCUT2D eigenvalue weighted by atomic mass is 31.2. The standard InChI is InChI=1S/C17H34NO7P/c1-3-6-19-8-9-20-10-11-21-12-13-22-14-15-23-16-17-25-26(2)24-7-4-5-18/h3-4,6-17H2,1-2H3. The average Bonchev–Trinajstić information content (AvgIpc) is 2.64. The molecule has 0 heterocycles. The molecule has 26 heavy (non-hydrogen) atoms. The fourth-order valence-corrected chi connectivity index (χ4v) is 2.36. The van der Waals surface area contributed by atoms with Gasteiger partial charge in [-0.05, 0) is 6.42 Å². The van der Waals surface area contributed by atoms with Crippen LogP contribution in [-0.2, 0) is 32.7 Å². The summed E-state index contributed by atoms with van der Waals surface area (Å²) < 4.78 is 37.6. The summed E-state index contributed by atoms with van der Waals surface area (Å²) in [6.45, 7) is 10.6. The van der Waals surface area contributed by atoms with Crippen LogP contribution in [0.1, 0.15) is 19.8 Å². The molecule has 0 aromatic heterocycles. The van der Waals surface area contributed by atoms with Crippen LogP contribution in [0.4, 0.5) is 0 Å². The van der Waals surface area contributed by atoms with Gasteiger partial charge in [-0.1, -0.05) is 6.92 Å². The zero-order chi connectivity index (χ0) is 19.1. The summed E-state index contributed by atoms with van der Waals surface area (Å²) in [5.41, 5.74) is 0. The molecule has 0 aliphatic heterocycles. The van der Waals surface area contributed by atoms with E-state index in [9.17, 15) is 0 Å². The molecule has 8 nitrogen and oxygen atoms in total. The number of hydrogen-bond donors (Lipinski definition) is 0. The lowest BCUT2D eigenvalue weighted by Gasteiger charge is -2.12. The second-order valence-electron chi connectivity index (χ2n) is 5.08. The van der Waals surface area contributed by atoms with Crippen molar-refractivity contribution < 1.29 is 32.7 Å². The van der Waals surface area contributed by atoms with E-state index in [-0.39, 0.29) is 0 Å². The van der Waals surface area contributed by atoms with Crippen molar-refractivity contribution in [2.24, 2.45) is 0 Å². The van der Waals surface area contributed by atoms with Gasteiger partial charge >= 0.3 is 0 Å². The Morgan fingerprint density at radius 2 is 1.00 bits per heavy atom. The largest absolute Gasteiger partial charge is 0.379 e. The van der Waals surface area contributed by atoms with Crippen LogP contribution in [-0.4, -0.2) is 85.9 Å². The van der Waals surface area contributed by atoms with Gasteiger partial charge in [0.25, 0.3) is 0 Å². The molecule has 0 radical (unpaired) electrons. The summed E-state index contributed by atoms with van der Waals surface area (Å²) in [6, 6.07) is 2.02. The smallest absolute Gasteiger partial charge is 0.167 e. The molecule has 0 aromatic carbocycles. The fraction of sp³-hybridized carbons (Fsp3) is 0.941. The molecule has 0 fully saturated rings. The predicted octanol–water partition coefficient (Wildman–Crippen LogP) is 2.37. The molecule has 9 heteroatoms. The fourth-order valence-electron chi connectivity index (χ4n) is 1.61. The molecule has 1 unspecified atom stereocenters. The maximum atomic E-state index is 8.40. The zero-order valence-electron chi connectivity index (χ0n) is 16.2. The van der Waals surface area contributed by atoms with Gasteiger partial charge in [0.1, 0.15) is 0 Å². The van der Waals surface area contributed by atoms with E-state index in [1.165, 1.54) is 0 Å². The summed E-state index contributed by atoms with van der Waals surface area (Å²) in [4.78, 5) is 0. The molecule has 0 saturated heterocycles. The summed E-state index contributed by atoms with van der Waals surface area (Å²) in [5.74, 6) is 0. The van der Waals surface area contributed by atoms with E-state index in [2.05, 4.69) is 6.92 Å². The van der Waals surface area contributed by atoms with Crippen LogP contribution in [0.5, 0.6) is 0 Å². The molecule has 0 rings (SSSR count). The first-order chi connectivity index (χ1) is 12.8. The van der Waals surface area contributed by atoms with Crippen molar-refractivity contribution >= 4 is 8.38 Å². The topological polar surface area (TPSA) is 88.4 Å². The second kappa shape index (κ2) is 22.7. The minimum atomic E-state index is -0.932. The molecule has 0 bridgehead atoms. The Hall–Kier alpha value is -0.360. The molecular weight excluding hydrogens is 361 g/mol. The van der Waals surface area contributed by atoms with Crippen molar-refractivity contribution in [2.45, 2.75) is 19.8 Å². The Kier molecular flexibility index (Phi) is 22.4. The maximum Gasteiger partial charge on any atom is 0.167 e. The van der Waals surface area contributed by atoms with Crippen LogP contribution in [0.25, 0.3) is 0 Å². The molecule has 0 saturated carbocycles. The van der Waals surface area contributed by atoms with Gasteiger partial charge in [0.2, 0.25) is 0 Å². The third-order valence-corrected chi connectivity index (χ3v) is 3.92. The van der Waals surface area contributed by atoms with Gasteiger partial charge < -0.3 is 32.7 Å². The van der Waals surface area contributed by atoms with Crippen LogP contribution in [0.2, 0.25) is 0 Å². The van der Waals surface area contributed by atoms with E-state index in [1.54, 1.807) is 0 Å². The highest BCUT2D eigenvalue weighted by Crippen LogP contribution is 2.32. The van der Waals surface area contributed by atoms with Crippen molar-refractivity contribution in [1.29, 1.82) is 5.26 Å². The molecule has 0 aromatic rings. The van der Waals surface area contributed by atoms with Crippen LogP contribution in [0.15, 0.2) is 0 Å². The number of hydrogen-bond acceptors (Lipinski definition) is 8. The quantitative estimate of drug-likeness (QED) is 0.216. The number of ether oxygens (including phenoxy) is 5. The highest BCUT2D eigenvalue weighted by molar-refractivity contribution is 7.46. The lowest BCUT2D eigenvalue weighted by molar-refractivity contribution is -0.0126. The molecule has 1 atom stereocenters. The van der Waals surface area contributed by atoms with E-state index >= 15 is 0 Å². The van der Waals surface area contributed by atoms with Crippen LogP contribution in [0, 0.1) is 11.3 Å². The van der Waals surface area contributed by atoms with Gasteiger partial charge in [-0.25, -0.2) is 0 Å². The minimum Gasteiger partial charge on any atom is -0.379 e. The number of rotatable bonds is 21. The van der Waals surface area contributed by atoms with Crippen LogP contribution >= 0.6 is 8.38 Å². The van der Waals surface area contributed by atoms with E-state index in [1.807, 2.05) is 12.7 Å². The van der Waals surface area contributed by atoms with Crippen LogP contribution < -0.4 is 0 Å². The molecular formula is C17H34NO7P. The third kappa shape index (κ3) is 21.7. The molecule has 154 valence electrons. The van der Waals surface area contributed by atoms with Gasteiger partial charge in [0.05, 0.1) is 85.2 Å². The van der Waals surface area contributed by atoms with Gasteiger partial charge in [-0.2, -0.15) is 5.26 Å². The Morgan fingerprint density at radius 3 is 1.42 bits per heavy atom. The van der Waals surface area contributed by atoms with E-state index in [0.29, 0.717) is 79.1 Å². The van der Waals surface area contributed by atoms with E-state index < -0.39 is 8.38 Å². The first-order valence-corrected chi connectivity index (χ1v) is 10.7. The SMILES string of the molecule is CCCOCCOCCOCCOCCOCCOP(C)OCCC#N. The average molecular weight is 395 g/mol. The molecule has 0 spiro atoms. The first-order valence-electron chi connectivity index (χ1n) is 9.06. The lowest BCUT2D eigenvalue weighted by atomic mass is 10.5. The molecule has 0 aliphatic rings. The van der Waals surface area contributed by atoms with Crippen molar-refractivity contribution in [3.05, 3.63) is 0 Å². The second-order valence-corrected chi connectivity index (χ2v) is 6.47. The lowest BCUT2D eigenvalue weighted by Crippen LogP contribution is -2.14. The number of nitrogens with zero attached hydrogens (tertiary/aromatic N) is 1. The van der Waals surface area contributed by atoms with Crippen molar-refractivity contribution in [3.8, 4) is 6.07 Å². The third-order valence-electron chi connectivity index (χ3n) is 2.82. The van der Waals surface area contributed by atoms with Gasteiger partial charge in [0.15, 0.2) is 8.38 Å². The zero-order valence-corrected chi connectivity index (χ0v) is 17.0. The van der Waals surface area contributed by atoms with Crippen molar-refractivity contribution in [3.63, 3.8) is 0 Å².